The molecule has 1 atom stereocenters. The predicted octanol–water partition coefficient (Wildman–Crippen LogP) is 4.38. The first-order valence-electron chi connectivity index (χ1n) is 5.79. The van der Waals surface area contributed by atoms with Crippen LogP contribution in [0.2, 0.25) is 0 Å². The average molecular weight is 309 g/mol. The van der Waals surface area contributed by atoms with Crippen molar-refractivity contribution in [3.05, 3.63) is 66.0 Å². The van der Waals surface area contributed by atoms with Crippen molar-refractivity contribution in [1.29, 1.82) is 0 Å². The van der Waals surface area contributed by atoms with Crippen LogP contribution >= 0.6 is 15.9 Å². The van der Waals surface area contributed by atoms with E-state index in [0.717, 1.165) is 5.33 Å². The Bertz CT molecular complexity index is 470. The largest absolute Gasteiger partial charge is 0.493 e. The van der Waals surface area contributed by atoms with E-state index in [1.165, 1.54) is 17.7 Å². The minimum Gasteiger partial charge on any atom is -0.493 e. The normalized spacial score (nSPS) is 12.1. The fourth-order valence-electron chi connectivity index (χ4n) is 1.68. The fourth-order valence-corrected chi connectivity index (χ4v) is 2.24. The van der Waals surface area contributed by atoms with Gasteiger partial charge >= 0.3 is 0 Å². The van der Waals surface area contributed by atoms with Crippen molar-refractivity contribution in [3.8, 4) is 5.75 Å². The summed E-state index contributed by atoms with van der Waals surface area (Å²) in [7, 11) is 0. The summed E-state index contributed by atoms with van der Waals surface area (Å²) in [5.74, 6) is 0.733. The first kappa shape index (κ1) is 13.1. The lowest BCUT2D eigenvalue weighted by atomic mass is 10.0. The molecule has 94 valence electrons. The van der Waals surface area contributed by atoms with Gasteiger partial charge in [0, 0.05) is 11.2 Å². The Balaban J connectivity index is 1.97. The van der Waals surface area contributed by atoms with Crippen molar-refractivity contribution in [3.63, 3.8) is 0 Å². The maximum absolute atomic E-state index is 12.8. The van der Waals surface area contributed by atoms with Gasteiger partial charge in [-0.15, -0.1) is 0 Å². The highest BCUT2D eigenvalue weighted by molar-refractivity contribution is 9.09. The van der Waals surface area contributed by atoms with Crippen LogP contribution in [0.15, 0.2) is 54.6 Å². The van der Waals surface area contributed by atoms with Gasteiger partial charge in [0.25, 0.3) is 0 Å². The number of hydrogen-bond acceptors (Lipinski definition) is 1. The summed E-state index contributed by atoms with van der Waals surface area (Å²) in [4.78, 5) is 0. The van der Waals surface area contributed by atoms with Gasteiger partial charge in [-0.1, -0.05) is 46.3 Å². The molecule has 0 spiro atoms. The van der Waals surface area contributed by atoms with Crippen molar-refractivity contribution in [1.82, 2.24) is 0 Å². The lowest BCUT2D eigenvalue weighted by Gasteiger charge is -2.15. The van der Waals surface area contributed by atoms with Crippen molar-refractivity contribution in [2.24, 2.45) is 0 Å². The van der Waals surface area contributed by atoms with E-state index >= 15 is 0 Å². The molecule has 1 nitrogen and oxygen atoms in total. The molecule has 2 aromatic rings. The minimum absolute atomic E-state index is 0.248. The second-order valence-electron chi connectivity index (χ2n) is 4.03. The van der Waals surface area contributed by atoms with Crippen molar-refractivity contribution in [2.75, 3.05) is 11.9 Å². The second-order valence-corrected chi connectivity index (χ2v) is 4.67. The Labute approximate surface area is 115 Å². The maximum atomic E-state index is 12.8. The number of hydrogen-bond donors (Lipinski definition) is 0. The number of halogens is 2. The molecule has 0 amide bonds. The van der Waals surface area contributed by atoms with Crippen LogP contribution in [0.4, 0.5) is 4.39 Å². The van der Waals surface area contributed by atoms with E-state index in [9.17, 15) is 4.39 Å². The molecule has 0 bridgehead atoms. The van der Waals surface area contributed by atoms with Gasteiger partial charge in [0.15, 0.2) is 0 Å². The summed E-state index contributed by atoms with van der Waals surface area (Å²) in [6, 6.07) is 16.3. The first-order valence-corrected chi connectivity index (χ1v) is 6.91. The van der Waals surface area contributed by atoms with E-state index in [-0.39, 0.29) is 11.7 Å². The summed E-state index contributed by atoms with van der Waals surface area (Å²) in [5, 5.41) is 0.832. The molecule has 1 unspecified atom stereocenters. The van der Waals surface area contributed by atoms with Gasteiger partial charge in [0.1, 0.15) is 11.6 Å². The summed E-state index contributed by atoms with van der Waals surface area (Å²) in [6.07, 6.45) is 0. The second kappa shape index (κ2) is 6.55. The molecule has 2 rings (SSSR count). The van der Waals surface area contributed by atoms with Gasteiger partial charge in [-0.05, 0) is 29.8 Å². The van der Waals surface area contributed by atoms with Gasteiger partial charge in [-0.25, -0.2) is 4.39 Å². The van der Waals surface area contributed by atoms with Crippen LogP contribution in [-0.2, 0) is 0 Å². The zero-order valence-electron chi connectivity index (χ0n) is 9.85. The lowest BCUT2D eigenvalue weighted by Crippen LogP contribution is -2.11. The van der Waals surface area contributed by atoms with Gasteiger partial charge in [0.05, 0.1) is 6.61 Å². The lowest BCUT2D eigenvalue weighted by molar-refractivity contribution is 0.297. The molecule has 18 heavy (non-hydrogen) atoms. The highest BCUT2D eigenvalue weighted by Gasteiger charge is 2.10. The summed E-state index contributed by atoms with van der Waals surface area (Å²) in [5.41, 5.74) is 1.23. The molecule has 2 aromatic carbocycles. The third kappa shape index (κ3) is 3.57. The first-order chi connectivity index (χ1) is 8.79. The third-order valence-corrected chi connectivity index (χ3v) is 3.50. The number of rotatable bonds is 5. The molecule has 0 aliphatic carbocycles. The Morgan fingerprint density at radius 1 is 1.00 bits per heavy atom. The third-order valence-electron chi connectivity index (χ3n) is 2.72. The maximum Gasteiger partial charge on any atom is 0.123 e. The number of alkyl halides is 1. The summed E-state index contributed by atoms with van der Waals surface area (Å²) >= 11 is 3.50. The molecule has 0 aliphatic heterocycles. The van der Waals surface area contributed by atoms with Crippen LogP contribution in [0.25, 0.3) is 0 Å². The van der Waals surface area contributed by atoms with E-state index in [4.69, 9.17) is 4.74 Å². The van der Waals surface area contributed by atoms with Crippen molar-refractivity contribution < 1.29 is 9.13 Å². The van der Waals surface area contributed by atoms with E-state index in [0.29, 0.717) is 12.4 Å². The van der Waals surface area contributed by atoms with E-state index in [2.05, 4.69) is 28.1 Å². The van der Waals surface area contributed by atoms with Gasteiger partial charge in [-0.2, -0.15) is 0 Å². The topological polar surface area (TPSA) is 9.23 Å². The molecule has 0 saturated carbocycles. The van der Waals surface area contributed by atoms with Crippen LogP contribution in [-0.4, -0.2) is 11.9 Å². The Morgan fingerprint density at radius 2 is 1.67 bits per heavy atom. The average Bonchev–Trinajstić information content (AvgIpc) is 2.43. The Morgan fingerprint density at radius 3 is 2.28 bits per heavy atom. The zero-order valence-corrected chi connectivity index (χ0v) is 11.4. The predicted molar refractivity (Wildman–Crippen MR) is 74.9 cm³/mol. The van der Waals surface area contributed by atoms with Crippen LogP contribution in [0.3, 0.4) is 0 Å². The molecule has 0 N–H and O–H groups in total. The Hall–Kier alpha value is -1.35. The molecule has 0 aliphatic rings. The van der Waals surface area contributed by atoms with Crippen LogP contribution in [0.5, 0.6) is 5.75 Å². The SMILES string of the molecule is Fc1ccc(OCC(CBr)c2ccccc2)cc1. The van der Waals surface area contributed by atoms with Gasteiger partial charge in [-0.3, -0.25) is 0 Å². The highest BCUT2D eigenvalue weighted by atomic mass is 79.9. The smallest absolute Gasteiger partial charge is 0.123 e. The van der Waals surface area contributed by atoms with E-state index < -0.39 is 0 Å². The number of ether oxygens (including phenoxy) is 1. The Kier molecular flexibility index (Phi) is 4.76. The zero-order chi connectivity index (χ0) is 12.8. The molecule has 0 heterocycles. The van der Waals surface area contributed by atoms with Crippen LogP contribution < -0.4 is 4.74 Å². The quantitative estimate of drug-likeness (QED) is 0.745. The molecule has 3 heteroatoms. The molecule has 0 aromatic heterocycles. The minimum atomic E-state index is -0.248. The fraction of sp³-hybridized carbons (Fsp3) is 0.200. The number of benzene rings is 2. The monoisotopic (exact) mass is 308 g/mol. The van der Waals surface area contributed by atoms with Crippen molar-refractivity contribution >= 4 is 15.9 Å². The van der Waals surface area contributed by atoms with Crippen molar-refractivity contribution in [2.45, 2.75) is 5.92 Å². The summed E-state index contributed by atoms with van der Waals surface area (Å²) < 4.78 is 18.4. The van der Waals surface area contributed by atoms with Crippen LogP contribution in [0.1, 0.15) is 11.5 Å². The van der Waals surface area contributed by atoms with Gasteiger partial charge < -0.3 is 4.74 Å². The highest BCUT2D eigenvalue weighted by Crippen LogP contribution is 2.20. The molecule has 0 fully saturated rings. The molecular formula is C15H14BrFO. The van der Waals surface area contributed by atoms with E-state index in [1.807, 2.05) is 18.2 Å². The van der Waals surface area contributed by atoms with Gasteiger partial charge in [0.2, 0.25) is 0 Å². The molecule has 0 radical (unpaired) electrons. The molecular weight excluding hydrogens is 295 g/mol. The molecule has 0 saturated heterocycles. The van der Waals surface area contributed by atoms with Crippen LogP contribution in [0, 0.1) is 5.82 Å². The van der Waals surface area contributed by atoms with E-state index in [1.54, 1.807) is 12.1 Å². The standard InChI is InChI=1S/C15H14BrFO/c16-10-13(12-4-2-1-3-5-12)11-18-15-8-6-14(17)7-9-15/h1-9,13H,10-11H2. The summed E-state index contributed by atoms with van der Waals surface area (Å²) in [6.45, 7) is 0.570.